The largest absolute Gasteiger partial charge is 0.486 e. The van der Waals surface area contributed by atoms with E-state index in [-0.39, 0.29) is 6.10 Å². The number of hydrogen-bond acceptors (Lipinski definition) is 4. The van der Waals surface area contributed by atoms with E-state index < -0.39 is 0 Å². The second-order valence-corrected chi connectivity index (χ2v) is 5.36. The first-order valence-corrected chi connectivity index (χ1v) is 7.13. The summed E-state index contributed by atoms with van der Waals surface area (Å²) in [5, 5.41) is 3.36. The quantitative estimate of drug-likeness (QED) is 0.895. The molecule has 0 amide bonds. The lowest BCUT2D eigenvalue weighted by Crippen LogP contribution is -2.47. The zero-order valence-corrected chi connectivity index (χ0v) is 11.5. The summed E-state index contributed by atoms with van der Waals surface area (Å²) >= 11 is 0. The molecule has 0 aliphatic carbocycles. The van der Waals surface area contributed by atoms with Gasteiger partial charge in [-0.2, -0.15) is 0 Å². The predicted octanol–water partition coefficient (Wildman–Crippen LogP) is 1.51. The summed E-state index contributed by atoms with van der Waals surface area (Å²) < 4.78 is 11.8. The van der Waals surface area contributed by atoms with Crippen molar-refractivity contribution in [3.8, 4) is 11.5 Å². The number of piperidine rings is 1. The molecular weight excluding hydrogens is 240 g/mol. The highest BCUT2D eigenvalue weighted by atomic mass is 16.6. The van der Waals surface area contributed by atoms with Crippen LogP contribution in [-0.2, 0) is 0 Å². The van der Waals surface area contributed by atoms with Gasteiger partial charge in [0.15, 0.2) is 11.5 Å². The molecule has 2 heterocycles. The van der Waals surface area contributed by atoms with Crippen LogP contribution in [0.15, 0.2) is 24.3 Å². The molecule has 0 radical (unpaired) electrons. The Kier molecular flexibility index (Phi) is 3.89. The van der Waals surface area contributed by atoms with E-state index in [1.165, 1.54) is 12.8 Å². The maximum absolute atomic E-state index is 6.01. The highest BCUT2D eigenvalue weighted by molar-refractivity contribution is 5.40. The van der Waals surface area contributed by atoms with Crippen molar-refractivity contribution < 1.29 is 9.47 Å². The molecule has 2 aliphatic rings. The molecule has 2 aliphatic heterocycles. The molecular formula is C15H22N2O2. The van der Waals surface area contributed by atoms with E-state index in [4.69, 9.17) is 9.47 Å². The van der Waals surface area contributed by atoms with Crippen molar-refractivity contribution in [2.45, 2.75) is 25.0 Å². The first-order chi connectivity index (χ1) is 9.35. The van der Waals surface area contributed by atoms with Crippen LogP contribution in [0.4, 0.5) is 0 Å². The number of nitrogens with one attached hydrogen (secondary N) is 1. The minimum atomic E-state index is 0.154. The van der Waals surface area contributed by atoms with Crippen LogP contribution >= 0.6 is 0 Å². The van der Waals surface area contributed by atoms with Crippen molar-refractivity contribution in [2.75, 3.05) is 33.3 Å². The fourth-order valence-corrected chi connectivity index (χ4v) is 2.85. The molecule has 0 saturated carbocycles. The number of para-hydroxylation sites is 2. The molecule has 4 heteroatoms. The van der Waals surface area contributed by atoms with Gasteiger partial charge in [0.05, 0.1) is 0 Å². The van der Waals surface area contributed by atoms with Crippen molar-refractivity contribution in [2.24, 2.45) is 0 Å². The Morgan fingerprint density at radius 1 is 1.21 bits per heavy atom. The lowest BCUT2D eigenvalue weighted by molar-refractivity contribution is 0.0505. The summed E-state index contributed by atoms with van der Waals surface area (Å²) in [6.45, 7) is 3.91. The zero-order valence-electron chi connectivity index (χ0n) is 11.5. The van der Waals surface area contributed by atoms with E-state index in [9.17, 15) is 0 Å². The molecule has 1 fully saturated rings. The van der Waals surface area contributed by atoms with Crippen LogP contribution in [0, 0.1) is 0 Å². The molecule has 0 aromatic heterocycles. The maximum Gasteiger partial charge on any atom is 0.161 e. The lowest BCUT2D eigenvalue weighted by Gasteiger charge is -2.35. The van der Waals surface area contributed by atoms with E-state index in [1.807, 2.05) is 24.3 Å². The van der Waals surface area contributed by atoms with Gasteiger partial charge in [-0.1, -0.05) is 12.1 Å². The normalized spacial score (nSPS) is 24.4. The number of rotatable bonds is 3. The molecule has 1 atom stereocenters. The second-order valence-electron chi connectivity index (χ2n) is 5.36. The van der Waals surface area contributed by atoms with Gasteiger partial charge < -0.3 is 14.8 Å². The topological polar surface area (TPSA) is 33.7 Å². The monoisotopic (exact) mass is 262 g/mol. The highest BCUT2D eigenvalue weighted by Crippen LogP contribution is 2.31. The summed E-state index contributed by atoms with van der Waals surface area (Å²) in [6, 6.07) is 8.59. The Balaban J connectivity index is 1.52. The Labute approximate surface area is 114 Å². The number of ether oxygens (including phenoxy) is 2. The zero-order chi connectivity index (χ0) is 13.1. The summed E-state index contributed by atoms with van der Waals surface area (Å²) in [5.41, 5.74) is 0. The number of nitrogens with zero attached hydrogens (tertiary/aromatic N) is 1. The second kappa shape index (κ2) is 5.80. The minimum Gasteiger partial charge on any atom is -0.486 e. The molecule has 1 aromatic carbocycles. The van der Waals surface area contributed by atoms with Gasteiger partial charge in [-0.15, -0.1) is 0 Å². The molecule has 3 rings (SSSR count). The van der Waals surface area contributed by atoms with Crippen LogP contribution in [0.2, 0.25) is 0 Å². The third kappa shape index (κ3) is 3.01. The third-order valence-corrected chi connectivity index (χ3v) is 4.03. The number of hydrogen-bond donors (Lipinski definition) is 1. The van der Waals surface area contributed by atoms with Crippen molar-refractivity contribution >= 4 is 0 Å². The van der Waals surface area contributed by atoms with Gasteiger partial charge >= 0.3 is 0 Å². The number of fused-ring (bicyclic) bond motifs is 1. The molecule has 1 N–H and O–H groups in total. The van der Waals surface area contributed by atoms with E-state index in [0.717, 1.165) is 31.1 Å². The van der Waals surface area contributed by atoms with Crippen LogP contribution in [-0.4, -0.2) is 50.3 Å². The van der Waals surface area contributed by atoms with Gasteiger partial charge in [-0.25, -0.2) is 0 Å². The van der Waals surface area contributed by atoms with Gasteiger partial charge in [0.25, 0.3) is 0 Å². The van der Waals surface area contributed by atoms with Crippen LogP contribution in [0.1, 0.15) is 12.8 Å². The Hall–Kier alpha value is -1.26. The fourth-order valence-electron chi connectivity index (χ4n) is 2.85. The smallest absolute Gasteiger partial charge is 0.161 e. The SMILES string of the molecule is CNC1CCN(CC2COc3ccccc3O2)CC1. The molecule has 0 bridgehead atoms. The summed E-state index contributed by atoms with van der Waals surface area (Å²) in [6.07, 6.45) is 2.60. The van der Waals surface area contributed by atoms with Gasteiger partial charge in [-0.05, 0) is 45.1 Å². The van der Waals surface area contributed by atoms with Gasteiger partial charge in [0.2, 0.25) is 0 Å². The van der Waals surface area contributed by atoms with Crippen molar-refractivity contribution in [1.82, 2.24) is 10.2 Å². The fraction of sp³-hybridized carbons (Fsp3) is 0.600. The van der Waals surface area contributed by atoms with E-state index in [0.29, 0.717) is 12.6 Å². The minimum absolute atomic E-state index is 0.154. The van der Waals surface area contributed by atoms with Crippen molar-refractivity contribution in [1.29, 1.82) is 0 Å². The van der Waals surface area contributed by atoms with E-state index >= 15 is 0 Å². The Bertz CT molecular complexity index is 416. The summed E-state index contributed by atoms with van der Waals surface area (Å²) in [7, 11) is 2.05. The number of benzene rings is 1. The maximum atomic E-state index is 6.01. The average Bonchev–Trinajstić information content (AvgIpc) is 2.48. The van der Waals surface area contributed by atoms with Crippen molar-refractivity contribution in [3.63, 3.8) is 0 Å². The lowest BCUT2D eigenvalue weighted by atomic mass is 10.1. The van der Waals surface area contributed by atoms with Crippen LogP contribution in [0.3, 0.4) is 0 Å². The predicted molar refractivity (Wildman–Crippen MR) is 74.9 cm³/mol. The molecule has 104 valence electrons. The molecule has 1 unspecified atom stereocenters. The Morgan fingerprint density at radius 3 is 2.68 bits per heavy atom. The first-order valence-electron chi connectivity index (χ1n) is 7.13. The van der Waals surface area contributed by atoms with Crippen molar-refractivity contribution in [3.05, 3.63) is 24.3 Å². The van der Waals surface area contributed by atoms with Crippen LogP contribution in [0.25, 0.3) is 0 Å². The van der Waals surface area contributed by atoms with Gasteiger partial charge in [-0.3, -0.25) is 4.90 Å². The Morgan fingerprint density at radius 2 is 1.95 bits per heavy atom. The average molecular weight is 262 g/mol. The van der Waals surface area contributed by atoms with Gasteiger partial charge in [0, 0.05) is 12.6 Å². The van der Waals surface area contributed by atoms with E-state index in [1.54, 1.807) is 0 Å². The first kappa shape index (κ1) is 12.8. The van der Waals surface area contributed by atoms with Gasteiger partial charge in [0.1, 0.15) is 12.7 Å². The van der Waals surface area contributed by atoms with E-state index in [2.05, 4.69) is 17.3 Å². The number of likely N-dealkylation sites (tertiary alicyclic amines) is 1. The summed E-state index contributed by atoms with van der Waals surface area (Å²) in [4.78, 5) is 2.48. The molecule has 4 nitrogen and oxygen atoms in total. The molecule has 19 heavy (non-hydrogen) atoms. The third-order valence-electron chi connectivity index (χ3n) is 4.03. The molecule has 0 spiro atoms. The molecule has 1 saturated heterocycles. The molecule has 1 aromatic rings. The van der Waals surface area contributed by atoms with Crippen LogP contribution in [0.5, 0.6) is 11.5 Å². The highest BCUT2D eigenvalue weighted by Gasteiger charge is 2.25. The van der Waals surface area contributed by atoms with Crippen LogP contribution < -0.4 is 14.8 Å². The summed E-state index contributed by atoms with van der Waals surface area (Å²) in [5.74, 6) is 1.75. The standard InChI is InChI=1S/C15H22N2O2/c1-16-12-6-8-17(9-7-12)10-13-11-18-14-4-2-3-5-15(14)19-13/h2-5,12-13,16H,6-11H2,1H3.